The third-order valence-corrected chi connectivity index (χ3v) is 4.66. The predicted molar refractivity (Wildman–Crippen MR) is 61.2 cm³/mol. The van der Waals surface area contributed by atoms with Crippen LogP contribution in [0.25, 0.3) is 0 Å². The third-order valence-electron chi connectivity index (χ3n) is 2.10. The lowest BCUT2D eigenvalue weighted by Crippen LogP contribution is -2.15. The Kier molecular flexibility index (Phi) is 2.93. The van der Waals surface area contributed by atoms with E-state index >= 15 is 0 Å². The Morgan fingerprint density at radius 2 is 1.86 bits per heavy atom. The predicted octanol–water partition coefficient (Wildman–Crippen LogP) is 3.36. The van der Waals surface area contributed by atoms with Gasteiger partial charge < -0.3 is 9.47 Å². The summed E-state index contributed by atoms with van der Waals surface area (Å²) in [5.41, 5.74) is 0. The van der Waals surface area contributed by atoms with Crippen molar-refractivity contribution in [3.63, 3.8) is 0 Å². The molecule has 0 radical (unpaired) electrons. The SMILES string of the molecule is CSc1sc(C(C)C)c2c1OCCO2. The lowest BCUT2D eigenvalue weighted by atomic mass is 10.1. The molecular weight excluding hydrogens is 216 g/mol. The molecule has 0 aliphatic carbocycles. The molecule has 2 rings (SSSR count). The van der Waals surface area contributed by atoms with Gasteiger partial charge in [-0.25, -0.2) is 0 Å². The molecule has 0 aromatic carbocycles. The molecule has 0 amide bonds. The molecule has 1 aromatic rings. The van der Waals surface area contributed by atoms with E-state index < -0.39 is 0 Å². The minimum atomic E-state index is 0.511. The van der Waals surface area contributed by atoms with E-state index in [4.69, 9.17) is 9.47 Å². The van der Waals surface area contributed by atoms with Gasteiger partial charge in [0.25, 0.3) is 0 Å². The number of thiophene rings is 1. The van der Waals surface area contributed by atoms with Crippen LogP contribution in [0.2, 0.25) is 0 Å². The van der Waals surface area contributed by atoms with Crippen LogP contribution in [0.5, 0.6) is 11.5 Å². The van der Waals surface area contributed by atoms with Crippen LogP contribution in [-0.4, -0.2) is 19.5 Å². The molecule has 0 N–H and O–H groups in total. The Morgan fingerprint density at radius 1 is 1.21 bits per heavy atom. The summed E-state index contributed by atoms with van der Waals surface area (Å²) >= 11 is 3.53. The summed E-state index contributed by atoms with van der Waals surface area (Å²) in [5.74, 6) is 2.47. The van der Waals surface area contributed by atoms with Gasteiger partial charge in [-0.05, 0) is 12.2 Å². The molecule has 0 bridgehead atoms. The van der Waals surface area contributed by atoms with Crippen molar-refractivity contribution < 1.29 is 9.47 Å². The highest BCUT2D eigenvalue weighted by atomic mass is 32.2. The maximum Gasteiger partial charge on any atom is 0.186 e. The molecule has 0 atom stereocenters. The topological polar surface area (TPSA) is 18.5 Å². The first-order valence-corrected chi connectivity index (χ1v) is 6.74. The zero-order valence-corrected chi connectivity index (χ0v) is 10.3. The first kappa shape index (κ1) is 10.2. The number of rotatable bonds is 2. The number of ether oxygens (including phenoxy) is 2. The summed E-state index contributed by atoms with van der Waals surface area (Å²) in [4.78, 5) is 1.31. The summed E-state index contributed by atoms with van der Waals surface area (Å²) in [7, 11) is 0. The molecule has 4 heteroatoms. The van der Waals surface area contributed by atoms with E-state index in [-0.39, 0.29) is 0 Å². The fraction of sp³-hybridized carbons (Fsp3) is 0.600. The van der Waals surface area contributed by atoms with E-state index in [1.807, 2.05) is 0 Å². The van der Waals surface area contributed by atoms with E-state index in [1.165, 1.54) is 9.09 Å². The van der Waals surface area contributed by atoms with Crippen LogP contribution in [-0.2, 0) is 0 Å². The highest BCUT2D eigenvalue weighted by Crippen LogP contribution is 2.50. The summed E-state index contributed by atoms with van der Waals surface area (Å²) in [6.07, 6.45) is 2.08. The maximum absolute atomic E-state index is 5.67. The molecule has 2 heterocycles. The quantitative estimate of drug-likeness (QED) is 0.726. The Hall–Kier alpha value is -0.350. The van der Waals surface area contributed by atoms with Gasteiger partial charge in [0.05, 0.1) is 4.88 Å². The lowest BCUT2D eigenvalue weighted by molar-refractivity contribution is 0.168. The van der Waals surface area contributed by atoms with Crippen LogP contribution in [0.1, 0.15) is 24.6 Å². The van der Waals surface area contributed by atoms with Crippen molar-refractivity contribution in [3.05, 3.63) is 4.88 Å². The minimum Gasteiger partial charge on any atom is -0.485 e. The molecule has 0 saturated carbocycles. The second-order valence-electron chi connectivity index (χ2n) is 3.47. The van der Waals surface area contributed by atoms with E-state index in [2.05, 4.69) is 20.1 Å². The number of hydrogen-bond acceptors (Lipinski definition) is 4. The Morgan fingerprint density at radius 3 is 2.43 bits per heavy atom. The monoisotopic (exact) mass is 230 g/mol. The molecule has 0 saturated heterocycles. The molecule has 1 aliphatic rings. The average Bonchev–Trinajstić information content (AvgIpc) is 2.56. The van der Waals surface area contributed by atoms with Crippen molar-refractivity contribution >= 4 is 23.1 Å². The number of thioether (sulfide) groups is 1. The van der Waals surface area contributed by atoms with Gasteiger partial charge in [-0.2, -0.15) is 0 Å². The zero-order chi connectivity index (χ0) is 10.1. The van der Waals surface area contributed by atoms with Gasteiger partial charge in [0.1, 0.15) is 17.4 Å². The average molecular weight is 230 g/mol. The van der Waals surface area contributed by atoms with Crippen molar-refractivity contribution in [1.82, 2.24) is 0 Å². The van der Waals surface area contributed by atoms with Crippen LogP contribution >= 0.6 is 23.1 Å². The van der Waals surface area contributed by atoms with Gasteiger partial charge in [0, 0.05) is 0 Å². The Labute approximate surface area is 92.6 Å². The van der Waals surface area contributed by atoms with Crippen LogP contribution in [0.15, 0.2) is 4.21 Å². The smallest absolute Gasteiger partial charge is 0.186 e. The van der Waals surface area contributed by atoms with E-state index in [9.17, 15) is 0 Å². The third kappa shape index (κ3) is 1.61. The van der Waals surface area contributed by atoms with Crippen molar-refractivity contribution in [2.24, 2.45) is 0 Å². The molecule has 1 aromatic heterocycles. The van der Waals surface area contributed by atoms with Crippen LogP contribution < -0.4 is 9.47 Å². The summed E-state index contributed by atoms with van der Waals surface area (Å²) in [6, 6.07) is 0. The highest BCUT2D eigenvalue weighted by molar-refractivity contribution is 8.00. The summed E-state index contributed by atoms with van der Waals surface area (Å²) in [6.45, 7) is 5.73. The number of fused-ring (bicyclic) bond motifs is 1. The van der Waals surface area contributed by atoms with Gasteiger partial charge in [-0.15, -0.1) is 23.1 Å². The second kappa shape index (κ2) is 4.03. The minimum absolute atomic E-state index is 0.511. The standard InChI is InChI=1S/C10H14O2S2/c1-6(2)9-7-8(10(13-3)14-9)12-5-4-11-7/h6H,4-5H2,1-3H3. The van der Waals surface area contributed by atoms with Gasteiger partial charge in [0.2, 0.25) is 0 Å². The normalized spacial score (nSPS) is 14.9. The first-order chi connectivity index (χ1) is 6.74. The molecule has 1 aliphatic heterocycles. The van der Waals surface area contributed by atoms with Gasteiger partial charge in [-0.3, -0.25) is 0 Å². The van der Waals surface area contributed by atoms with Crippen molar-refractivity contribution in [1.29, 1.82) is 0 Å². The van der Waals surface area contributed by atoms with Crippen molar-refractivity contribution in [2.75, 3.05) is 19.5 Å². The Bertz CT molecular complexity index is 331. The zero-order valence-electron chi connectivity index (χ0n) is 8.62. The molecule has 0 unspecified atom stereocenters. The van der Waals surface area contributed by atoms with Crippen LogP contribution in [0, 0.1) is 0 Å². The van der Waals surface area contributed by atoms with Gasteiger partial charge in [-0.1, -0.05) is 13.8 Å². The molecule has 0 fully saturated rings. The van der Waals surface area contributed by atoms with E-state index in [1.54, 1.807) is 23.1 Å². The second-order valence-corrected chi connectivity index (χ2v) is 5.59. The van der Waals surface area contributed by atoms with Crippen molar-refractivity contribution in [3.8, 4) is 11.5 Å². The summed E-state index contributed by atoms with van der Waals surface area (Å²) in [5, 5.41) is 0. The van der Waals surface area contributed by atoms with Gasteiger partial charge >= 0.3 is 0 Å². The largest absolute Gasteiger partial charge is 0.485 e. The van der Waals surface area contributed by atoms with E-state index in [0.717, 1.165) is 11.5 Å². The first-order valence-electron chi connectivity index (χ1n) is 4.70. The molecule has 78 valence electrons. The molecular formula is C10H14O2S2. The maximum atomic E-state index is 5.67. The fourth-order valence-corrected chi connectivity index (χ4v) is 3.32. The fourth-order valence-electron chi connectivity index (χ4n) is 1.46. The molecule has 0 spiro atoms. The van der Waals surface area contributed by atoms with E-state index in [0.29, 0.717) is 19.1 Å². The molecule has 2 nitrogen and oxygen atoms in total. The lowest BCUT2D eigenvalue weighted by Gasteiger charge is -2.17. The number of hydrogen-bond donors (Lipinski definition) is 0. The Balaban J connectivity index is 2.46. The van der Waals surface area contributed by atoms with Gasteiger partial charge in [0.15, 0.2) is 11.5 Å². The molecule has 14 heavy (non-hydrogen) atoms. The van der Waals surface area contributed by atoms with Crippen LogP contribution in [0.3, 0.4) is 0 Å². The van der Waals surface area contributed by atoms with Crippen molar-refractivity contribution in [2.45, 2.75) is 24.0 Å². The van der Waals surface area contributed by atoms with Crippen LogP contribution in [0.4, 0.5) is 0 Å². The summed E-state index contributed by atoms with van der Waals surface area (Å²) < 4.78 is 12.6. The highest BCUT2D eigenvalue weighted by Gasteiger charge is 2.25.